The molecular formula is C15H27N5O3S. The Morgan fingerprint density at radius 2 is 1.96 bits per heavy atom. The lowest BCUT2D eigenvalue weighted by Gasteiger charge is -2.34. The summed E-state index contributed by atoms with van der Waals surface area (Å²) in [5, 5.41) is 0. The highest BCUT2D eigenvalue weighted by Gasteiger charge is 2.24. The number of ether oxygens (including phenoxy) is 1. The van der Waals surface area contributed by atoms with Crippen LogP contribution in [-0.4, -0.2) is 81.9 Å². The van der Waals surface area contributed by atoms with Gasteiger partial charge in [-0.25, -0.2) is 18.4 Å². The number of sulfonamides is 1. The molecule has 0 radical (unpaired) electrons. The summed E-state index contributed by atoms with van der Waals surface area (Å²) in [5.41, 5.74) is 0. The number of anilines is 2. The topological polar surface area (TPSA) is 78.9 Å². The number of piperazine rings is 1. The zero-order chi connectivity index (χ0) is 17.7. The third-order valence-corrected chi connectivity index (χ3v) is 5.74. The van der Waals surface area contributed by atoms with Gasteiger partial charge in [0.2, 0.25) is 10.0 Å². The Morgan fingerprint density at radius 1 is 1.29 bits per heavy atom. The van der Waals surface area contributed by atoms with Crippen molar-refractivity contribution in [3.8, 4) is 0 Å². The fourth-order valence-electron chi connectivity index (χ4n) is 2.66. The smallest absolute Gasteiger partial charge is 0.211 e. The number of nitrogens with zero attached hydrogens (tertiary/aromatic N) is 5. The first-order valence-electron chi connectivity index (χ1n) is 8.07. The monoisotopic (exact) mass is 357 g/mol. The van der Waals surface area contributed by atoms with Gasteiger partial charge in [0.05, 0.1) is 6.26 Å². The summed E-state index contributed by atoms with van der Waals surface area (Å²) >= 11 is 0. The van der Waals surface area contributed by atoms with Crippen LogP contribution < -0.4 is 9.80 Å². The third kappa shape index (κ3) is 4.78. The Bertz CT molecular complexity index is 632. The van der Waals surface area contributed by atoms with Gasteiger partial charge in [-0.1, -0.05) is 0 Å². The van der Waals surface area contributed by atoms with E-state index in [9.17, 15) is 8.42 Å². The van der Waals surface area contributed by atoms with Crippen molar-refractivity contribution in [1.82, 2.24) is 14.3 Å². The minimum atomic E-state index is -3.12. The molecule has 1 aromatic rings. The summed E-state index contributed by atoms with van der Waals surface area (Å²) in [6.45, 7) is 5.07. The molecule has 24 heavy (non-hydrogen) atoms. The molecule has 136 valence electrons. The first-order valence-corrected chi connectivity index (χ1v) is 9.91. The molecule has 1 aliphatic rings. The SMILES string of the molecule is COCCC(C)N(C)c1cc(N2CCN(S(C)(=O)=O)CC2)ncn1. The van der Waals surface area contributed by atoms with Gasteiger partial charge in [-0.05, 0) is 13.3 Å². The van der Waals surface area contributed by atoms with E-state index < -0.39 is 10.0 Å². The van der Waals surface area contributed by atoms with Crippen molar-refractivity contribution >= 4 is 21.7 Å². The summed E-state index contributed by atoms with van der Waals surface area (Å²) in [4.78, 5) is 12.9. The largest absolute Gasteiger partial charge is 0.385 e. The second kappa shape index (κ2) is 8.09. The molecule has 0 aliphatic carbocycles. The van der Waals surface area contributed by atoms with Crippen molar-refractivity contribution in [2.24, 2.45) is 0 Å². The maximum Gasteiger partial charge on any atom is 0.211 e. The number of rotatable bonds is 7. The molecule has 0 amide bonds. The summed E-state index contributed by atoms with van der Waals surface area (Å²) in [7, 11) is 0.589. The van der Waals surface area contributed by atoms with Gasteiger partial charge in [-0.2, -0.15) is 4.31 Å². The molecule has 1 saturated heterocycles. The van der Waals surface area contributed by atoms with Crippen LogP contribution in [0.4, 0.5) is 11.6 Å². The van der Waals surface area contributed by atoms with E-state index in [4.69, 9.17) is 4.74 Å². The maximum absolute atomic E-state index is 11.6. The van der Waals surface area contributed by atoms with Crippen LogP contribution in [0.15, 0.2) is 12.4 Å². The van der Waals surface area contributed by atoms with E-state index in [2.05, 4.69) is 26.7 Å². The summed E-state index contributed by atoms with van der Waals surface area (Å²) < 4.78 is 29.8. The van der Waals surface area contributed by atoms with Crippen molar-refractivity contribution in [3.05, 3.63) is 12.4 Å². The van der Waals surface area contributed by atoms with Gasteiger partial charge in [0.1, 0.15) is 18.0 Å². The van der Waals surface area contributed by atoms with Crippen molar-refractivity contribution in [2.75, 3.05) is 63.0 Å². The number of hydrogen-bond donors (Lipinski definition) is 0. The van der Waals surface area contributed by atoms with Crippen LogP contribution >= 0.6 is 0 Å². The predicted octanol–water partition coefficient (Wildman–Crippen LogP) is 0.419. The molecule has 2 heterocycles. The number of aromatic nitrogens is 2. The van der Waals surface area contributed by atoms with E-state index in [0.29, 0.717) is 38.8 Å². The molecule has 1 atom stereocenters. The highest BCUT2D eigenvalue weighted by Crippen LogP contribution is 2.20. The molecule has 1 fully saturated rings. The molecule has 0 aromatic carbocycles. The Morgan fingerprint density at radius 3 is 2.54 bits per heavy atom. The molecule has 8 nitrogen and oxygen atoms in total. The van der Waals surface area contributed by atoms with Gasteiger partial charge < -0.3 is 14.5 Å². The van der Waals surface area contributed by atoms with Gasteiger partial charge in [-0.15, -0.1) is 0 Å². The Kier molecular flexibility index (Phi) is 6.36. The fraction of sp³-hybridized carbons (Fsp3) is 0.733. The lowest BCUT2D eigenvalue weighted by Crippen LogP contribution is -2.48. The number of hydrogen-bond acceptors (Lipinski definition) is 7. The van der Waals surface area contributed by atoms with Crippen molar-refractivity contribution in [1.29, 1.82) is 0 Å². The Labute approximate surface area is 144 Å². The lowest BCUT2D eigenvalue weighted by molar-refractivity contribution is 0.189. The lowest BCUT2D eigenvalue weighted by atomic mass is 10.2. The van der Waals surface area contributed by atoms with Crippen molar-refractivity contribution in [2.45, 2.75) is 19.4 Å². The van der Waals surface area contributed by atoms with Gasteiger partial charge in [0, 0.05) is 59.1 Å². The molecule has 9 heteroatoms. The van der Waals surface area contributed by atoms with E-state index in [-0.39, 0.29) is 0 Å². The molecule has 0 N–H and O–H groups in total. The molecule has 1 aromatic heterocycles. The van der Waals surface area contributed by atoms with Crippen LogP contribution in [0.3, 0.4) is 0 Å². The average molecular weight is 357 g/mol. The minimum absolute atomic E-state index is 0.301. The van der Waals surface area contributed by atoms with Crippen molar-refractivity contribution in [3.63, 3.8) is 0 Å². The van der Waals surface area contributed by atoms with Gasteiger partial charge in [-0.3, -0.25) is 0 Å². The molecule has 1 aliphatic heterocycles. The summed E-state index contributed by atoms with van der Waals surface area (Å²) in [6.07, 6.45) is 3.73. The van der Waals surface area contributed by atoms with Crippen LogP contribution in [0.5, 0.6) is 0 Å². The van der Waals surface area contributed by atoms with E-state index in [1.165, 1.54) is 10.6 Å². The molecule has 0 spiro atoms. The molecule has 0 saturated carbocycles. The predicted molar refractivity (Wildman–Crippen MR) is 95.0 cm³/mol. The van der Waals surface area contributed by atoms with Crippen molar-refractivity contribution < 1.29 is 13.2 Å². The minimum Gasteiger partial charge on any atom is -0.385 e. The van der Waals surface area contributed by atoms with Crippen LogP contribution in [0.25, 0.3) is 0 Å². The molecule has 2 rings (SSSR count). The zero-order valence-corrected chi connectivity index (χ0v) is 15.7. The molecule has 0 bridgehead atoms. The fourth-order valence-corrected chi connectivity index (χ4v) is 3.49. The van der Waals surface area contributed by atoms with Crippen LogP contribution in [0, 0.1) is 0 Å². The van der Waals surface area contributed by atoms with E-state index >= 15 is 0 Å². The first-order chi connectivity index (χ1) is 11.3. The summed E-state index contributed by atoms with van der Waals surface area (Å²) in [5.74, 6) is 1.69. The first kappa shape index (κ1) is 18.9. The third-order valence-electron chi connectivity index (χ3n) is 4.43. The van der Waals surface area contributed by atoms with Gasteiger partial charge >= 0.3 is 0 Å². The number of methoxy groups -OCH3 is 1. The Balaban J connectivity index is 2.03. The van der Waals surface area contributed by atoms with E-state index in [0.717, 1.165) is 18.1 Å². The molecular weight excluding hydrogens is 330 g/mol. The highest BCUT2D eigenvalue weighted by molar-refractivity contribution is 7.88. The van der Waals surface area contributed by atoms with Crippen LogP contribution in [-0.2, 0) is 14.8 Å². The van der Waals surface area contributed by atoms with E-state index in [1.807, 2.05) is 13.1 Å². The maximum atomic E-state index is 11.6. The standard InChI is InChI=1S/C15H27N5O3S/c1-13(5-10-23-3)18(2)14-11-15(17-12-16-14)19-6-8-20(9-7-19)24(4,21)22/h11-13H,5-10H2,1-4H3. The van der Waals surface area contributed by atoms with Gasteiger partial charge in [0.15, 0.2) is 0 Å². The highest BCUT2D eigenvalue weighted by atomic mass is 32.2. The van der Waals surface area contributed by atoms with Gasteiger partial charge in [0.25, 0.3) is 0 Å². The van der Waals surface area contributed by atoms with E-state index in [1.54, 1.807) is 13.4 Å². The molecule has 1 unspecified atom stereocenters. The summed E-state index contributed by atoms with van der Waals surface area (Å²) in [6, 6.07) is 2.26. The normalized spacial score (nSPS) is 17.8. The van der Waals surface area contributed by atoms with Crippen LogP contribution in [0.2, 0.25) is 0 Å². The van der Waals surface area contributed by atoms with Crippen LogP contribution in [0.1, 0.15) is 13.3 Å². The average Bonchev–Trinajstić information content (AvgIpc) is 2.58. The second-order valence-electron chi connectivity index (χ2n) is 6.12. The zero-order valence-electron chi connectivity index (χ0n) is 14.8. The second-order valence-corrected chi connectivity index (χ2v) is 8.11. The quantitative estimate of drug-likeness (QED) is 0.700. The Hall–Kier alpha value is -1.45.